The molecule has 22 heavy (non-hydrogen) atoms. The summed E-state index contributed by atoms with van der Waals surface area (Å²) in [5.41, 5.74) is 2.32. The molecule has 118 valence electrons. The predicted octanol–water partition coefficient (Wildman–Crippen LogP) is 3.32. The Morgan fingerprint density at radius 2 is 2.18 bits per heavy atom. The van der Waals surface area contributed by atoms with Gasteiger partial charge in [0.15, 0.2) is 0 Å². The van der Waals surface area contributed by atoms with Gasteiger partial charge in [0.05, 0.1) is 25.2 Å². The Balaban J connectivity index is 1.58. The van der Waals surface area contributed by atoms with Crippen LogP contribution in [-0.4, -0.2) is 24.0 Å². The first-order chi connectivity index (χ1) is 10.6. The van der Waals surface area contributed by atoms with Crippen LogP contribution in [0, 0.1) is 13.8 Å². The number of hydrogen-bond donors (Lipinski definition) is 1. The van der Waals surface area contributed by atoms with Crippen molar-refractivity contribution in [2.24, 2.45) is 0 Å². The monoisotopic (exact) mass is 319 g/mol. The van der Waals surface area contributed by atoms with Crippen LogP contribution in [0.4, 0.5) is 0 Å². The predicted molar refractivity (Wildman–Crippen MR) is 89.3 cm³/mol. The van der Waals surface area contributed by atoms with Crippen LogP contribution in [0.1, 0.15) is 16.9 Å². The van der Waals surface area contributed by atoms with Crippen molar-refractivity contribution in [3.8, 4) is 5.75 Å². The fraction of sp³-hybridized carbons (Fsp3) is 0.353. The van der Waals surface area contributed by atoms with Crippen LogP contribution in [-0.2, 0) is 11.3 Å². The summed E-state index contributed by atoms with van der Waals surface area (Å²) in [6.45, 7) is 5.11. The van der Waals surface area contributed by atoms with Crippen molar-refractivity contribution in [2.75, 3.05) is 18.1 Å². The van der Waals surface area contributed by atoms with Crippen LogP contribution in [0.2, 0.25) is 0 Å². The zero-order valence-electron chi connectivity index (χ0n) is 12.9. The lowest BCUT2D eigenvalue weighted by Crippen LogP contribution is -2.24. The molecular weight excluding hydrogens is 298 g/mol. The number of amides is 1. The van der Waals surface area contributed by atoms with E-state index in [1.54, 1.807) is 24.1 Å². The normalized spacial score (nSPS) is 10.5. The topological polar surface area (TPSA) is 51.5 Å². The molecule has 0 unspecified atom stereocenters. The average Bonchev–Trinajstić information content (AvgIpc) is 3.01. The molecule has 0 atom stereocenters. The fourth-order valence-electron chi connectivity index (χ4n) is 1.89. The van der Waals surface area contributed by atoms with E-state index in [4.69, 9.17) is 9.15 Å². The summed E-state index contributed by atoms with van der Waals surface area (Å²) in [6, 6.07) is 9.81. The van der Waals surface area contributed by atoms with E-state index in [9.17, 15) is 4.79 Å². The highest BCUT2D eigenvalue weighted by Gasteiger charge is 2.04. The highest BCUT2D eigenvalue weighted by molar-refractivity contribution is 7.99. The fourth-order valence-corrected chi connectivity index (χ4v) is 2.52. The van der Waals surface area contributed by atoms with Gasteiger partial charge in [0, 0.05) is 5.75 Å². The van der Waals surface area contributed by atoms with Crippen LogP contribution in [0.3, 0.4) is 0 Å². The Morgan fingerprint density at radius 1 is 1.32 bits per heavy atom. The van der Waals surface area contributed by atoms with Crippen molar-refractivity contribution in [3.05, 3.63) is 53.5 Å². The van der Waals surface area contributed by atoms with Crippen molar-refractivity contribution >= 4 is 17.7 Å². The minimum Gasteiger partial charge on any atom is -0.492 e. The molecule has 0 fully saturated rings. The Bertz CT molecular complexity index is 596. The van der Waals surface area contributed by atoms with Gasteiger partial charge >= 0.3 is 0 Å². The van der Waals surface area contributed by atoms with E-state index in [0.717, 1.165) is 22.8 Å². The van der Waals surface area contributed by atoms with E-state index in [2.05, 4.69) is 17.4 Å². The molecule has 1 aromatic heterocycles. The lowest BCUT2D eigenvalue weighted by Gasteiger charge is -2.09. The molecule has 1 aromatic carbocycles. The number of carbonyl (C=O) groups excluding carboxylic acids is 1. The van der Waals surface area contributed by atoms with Gasteiger partial charge < -0.3 is 14.5 Å². The molecule has 0 aliphatic heterocycles. The third kappa shape index (κ3) is 5.48. The second kappa shape index (κ2) is 8.54. The van der Waals surface area contributed by atoms with E-state index in [0.29, 0.717) is 18.9 Å². The zero-order valence-corrected chi connectivity index (χ0v) is 13.7. The van der Waals surface area contributed by atoms with E-state index >= 15 is 0 Å². The molecule has 0 saturated carbocycles. The van der Waals surface area contributed by atoms with Gasteiger partial charge in [-0.05, 0) is 43.2 Å². The maximum absolute atomic E-state index is 11.7. The third-order valence-electron chi connectivity index (χ3n) is 3.10. The highest BCUT2D eigenvalue weighted by Crippen LogP contribution is 2.19. The summed E-state index contributed by atoms with van der Waals surface area (Å²) in [5, 5.41) is 2.82. The molecule has 5 heteroatoms. The minimum atomic E-state index is 0.00753. The summed E-state index contributed by atoms with van der Waals surface area (Å²) >= 11 is 1.56. The van der Waals surface area contributed by atoms with E-state index in [1.165, 1.54) is 5.56 Å². The maximum atomic E-state index is 11.7. The molecule has 0 bridgehead atoms. The molecule has 1 heterocycles. The Kier molecular flexibility index (Phi) is 6.40. The van der Waals surface area contributed by atoms with Crippen LogP contribution >= 0.6 is 11.8 Å². The number of thioether (sulfide) groups is 1. The summed E-state index contributed by atoms with van der Waals surface area (Å²) in [6.07, 6.45) is 1.60. The van der Waals surface area contributed by atoms with Crippen molar-refractivity contribution in [1.82, 2.24) is 5.32 Å². The van der Waals surface area contributed by atoms with Crippen LogP contribution in [0.15, 0.2) is 41.0 Å². The number of carbonyl (C=O) groups is 1. The largest absolute Gasteiger partial charge is 0.492 e. The second-order valence-corrected chi connectivity index (χ2v) is 6.13. The van der Waals surface area contributed by atoms with Crippen LogP contribution in [0.25, 0.3) is 0 Å². The Hall–Kier alpha value is -1.88. The lowest BCUT2D eigenvalue weighted by molar-refractivity contribution is -0.118. The van der Waals surface area contributed by atoms with Gasteiger partial charge in [0.1, 0.15) is 11.5 Å². The van der Waals surface area contributed by atoms with Gasteiger partial charge in [-0.2, -0.15) is 0 Å². The minimum absolute atomic E-state index is 0.00753. The molecule has 1 amide bonds. The van der Waals surface area contributed by atoms with Gasteiger partial charge in [-0.15, -0.1) is 11.8 Å². The second-order valence-electron chi connectivity index (χ2n) is 5.03. The third-order valence-corrected chi connectivity index (χ3v) is 4.02. The van der Waals surface area contributed by atoms with Gasteiger partial charge in [0.2, 0.25) is 5.91 Å². The number of hydrogen-bond acceptors (Lipinski definition) is 4. The van der Waals surface area contributed by atoms with E-state index in [1.807, 2.05) is 26.0 Å². The van der Waals surface area contributed by atoms with Crippen molar-refractivity contribution in [1.29, 1.82) is 0 Å². The van der Waals surface area contributed by atoms with E-state index < -0.39 is 0 Å². The smallest absolute Gasteiger partial charge is 0.230 e. The summed E-state index contributed by atoms with van der Waals surface area (Å²) in [4.78, 5) is 11.7. The molecule has 1 N–H and O–H groups in total. The number of nitrogens with one attached hydrogen (secondary N) is 1. The van der Waals surface area contributed by atoms with Gasteiger partial charge in [-0.3, -0.25) is 4.79 Å². The molecule has 0 spiro atoms. The SMILES string of the molecule is Cc1ccc(C)c(OCCSCC(=O)NCc2ccco2)c1. The molecule has 0 saturated heterocycles. The standard InChI is InChI=1S/C17H21NO3S/c1-13-5-6-14(2)16(10-13)21-8-9-22-12-17(19)18-11-15-4-3-7-20-15/h3-7,10H,8-9,11-12H2,1-2H3,(H,18,19). The van der Waals surface area contributed by atoms with Crippen molar-refractivity contribution < 1.29 is 13.9 Å². The number of furan rings is 1. The van der Waals surface area contributed by atoms with E-state index in [-0.39, 0.29) is 5.91 Å². The molecule has 0 aliphatic carbocycles. The maximum Gasteiger partial charge on any atom is 0.230 e. The Labute approximate surface area is 135 Å². The molecule has 0 radical (unpaired) electrons. The number of aryl methyl sites for hydroxylation is 2. The van der Waals surface area contributed by atoms with Gasteiger partial charge in [-0.25, -0.2) is 0 Å². The van der Waals surface area contributed by atoms with Crippen LogP contribution in [0.5, 0.6) is 5.75 Å². The molecule has 4 nitrogen and oxygen atoms in total. The summed E-state index contributed by atoms with van der Waals surface area (Å²) in [5.74, 6) is 2.89. The quantitative estimate of drug-likeness (QED) is 0.758. The van der Waals surface area contributed by atoms with Crippen LogP contribution < -0.4 is 10.1 Å². The number of ether oxygens (including phenoxy) is 1. The average molecular weight is 319 g/mol. The molecule has 0 aliphatic rings. The Morgan fingerprint density at radius 3 is 2.95 bits per heavy atom. The molecular formula is C17H21NO3S. The van der Waals surface area contributed by atoms with Gasteiger partial charge in [0.25, 0.3) is 0 Å². The first kappa shape index (κ1) is 16.5. The summed E-state index contributed by atoms with van der Waals surface area (Å²) in [7, 11) is 0. The molecule has 2 rings (SSSR count). The lowest BCUT2D eigenvalue weighted by atomic mass is 10.1. The highest BCUT2D eigenvalue weighted by atomic mass is 32.2. The zero-order chi connectivity index (χ0) is 15.8. The first-order valence-corrected chi connectivity index (χ1v) is 8.37. The summed E-state index contributed by atoms with van der Waals surface area (Å²) < 4.78 is 10.9. The van der Waals surface area contributed by atoms with Crippen molar-refractivity contribution in [3.63, 3.8) is 0 Å². The van der Waals surface area contributed by atoms with Gasteiger partial charge in [-0.1, -0.05) is 12.1 Å². The molecule has 2 aromatic rings. The number of rotatable bonds is 8. The van der Waals surface area contributed by atoms with Crippen molar-refractivity contribution in [2.45, 2.75) is 20.4 Å². The number of benzene rings is 1. The first-order valence-electron chi connectivity index (χ1n) is 7.22.